The molecule has 0 aliphatic carbocycles. The van der Waals surface area contributed by atoms with E-state index >= 15 is 0 Å². The molecule has 0 aliphatic heterocycles. The van der Waals surface area contributed by atoms with Crippen LogP contribution in [0, 0.1) is 0 Å². The van der Waals surface area contributed by atoms with Crippen LogP contribution in [0.1, 0.15) is 45.4 Å². The summed E-state index contributed by atoms with van der Waals surface area (Å²) in [5, 5.41) is 6.64. The van der Waals surface area contributed by atoms with Crippen LogP contribution in [0.15, 0.2) is 34.2 Å². The molecule has 0 atom stereocenters. The van der Waals surface area contributed by atoms with E-state index in [2.05, 4.69) is 22.5 Å². The summed E-state index contributed by atoms with van der Waals surface area (Å²) < 4.78 is 1.75. The first-order chi connectivity index (χ1) is 10.8. The zero-order valence-electron chi connectivity index (χ0n) is 14.4. The smallest absolute Gasteiger partial charge is 0.250 e. The quantitative estimate of drug-likeness (QED) is 0.258. The van der Waals surface area contributed by atoms with Crippen LogP contribution >= 0.6 is 24.0 Å². The predicted octanol–water partition coefficient (Wildman–Crippen LogP) is 2.99. The molecule has 23 heavy (non-hydrogen) atoms. The predicted molar refractivity (Wildman–Crippen MR) is 109 cm³/mol. The number of nitrogens with zero attached hydrogens (tertiary/aromatic N) is 2. The Morgan fingerprint density at radius 3 is 2.39 bits per heavy atom. The van der Waals surface area contributed by atoms with Crippen molar-refractivity contribution in [1.82, 2.24) is 15.2 Å². The lowest BCUT2D eigenvalue weighted by molar-refractivity contribution is 0.584. The highest BCUT2D eigenvalue weighted by Crippen LogP contribution is 1.97. The molecule has 0 unspecified atom stereocenters. The van der Waals surface area contributed by atoms with E-state index in [-0.39, 0.29) is 29.5 Å². The summed E-state index contributed by atoms with van der Waals surface area (Å²) in [4.78, 5) is 15.8. The van der Waals surface area contributed by atoms with Crippen LogP contribution in [-0.4, -0.2) is 30.7 Å². The zero-order valence-corrected chi connectivity index (χ0v) is 16.7. The summed E-state index contributed by atoms with van der Waals surface area (Å²) in [6.45, 7) is 4.83. The Morgan fingerprint density at radius 2 is 1.78 bits per heavy atom. The van der Waals surface area contributed by atoms with E-state index in [4.69, 9.17) is 0 Å². The number of unbranched alkanes of at least 4 members (excludes halogenated alkanes) is 4. The minimum absolute atomic E-state index is 0. The third-order valence-corrected chi connectivity index (χ3v) is 3.56. The molecular formula is C17H31IN4O. The van der Waals surface area contributed by atoms with Gasteiger partial charge in [-0.2, -0.15) is 0 Å². The number of aryl methyl sites for hydroxylation is 1. The fraction of sp³-hybridized carbons (Fsp3) is 0.647. The lowest BCUT2D eigenvalue weighted by Crippen LogP contribution is -2.38. The highest BCUT2D eigenvalue weighted by molar-refractivity contribution is 14.0. The van der Waals surface area contributed by atoms with E-state index in [0.29, 0.717) is 0 Å². The normalized spacial score (nSPS) is 11.0. The number of hydrogen-bond acceptors (Lipinski definition) is 2. The molecule has 0 saturated carbocycles. The van der Waals surface area contributed by atoms with Crippen LogP contribution in [0.5, 0.6) is 0 Å². The number of rotatable bonds is 10. The van der Waals surface area contributed by atoms with E-state index in [0.717, 1.165) is 38.4 Å². The van der Waals surface area contributed by atoms with E-state index in [1.807, 2.05) is 12.3 Å². The van der Waals surface area contributed by atoms with Crippen LogP contribution in [0.25, 0.3) is 0 Å². The van der Waals surface area contributed by atoms with Crippen molar-refractivity contribution in [2.24, 2.45) is 4.99 Å². The molecule has 6 heteroatoms. The minimum atomic E-state index is 0. The second-order valence-electron chi connectivity index (χ2n) is 5.43. The summed E-state index contributed by atoms with van der Waals surface area (Å²) in [6, 6.07) is 5.27. The maximum absolute atomic E-state index is 11.5. The van der Waals surface area contributed by atoms with Gasteiger partial charge in [-0.15, -0.1) is 24.0 Å². The number of aromatic nitrogens is 1. The Bertz CT molecular complexity index is 487. The third kappa shape index (κ3) is 10.4. The van der Waals surface area contributed by atoms with E-state index < -0.39 is 0 Å². The fourth-order valence-electron chi connectivity index (χ4n) is 2.24. The number of halogens is 1. The standard InChI is InChI=1S/C17H30N4O.HI/c1-3-4-5-7-12-19-17(18-2)20-13-8-10-15-21-14-9-6-11-16(21)22;/h6,9,11,14H,3-5,7-8,10,12-13,15H2,1-2H3,(H2,18,19,20);1H. The van der Waals surface area contributed by atoms with Gasteiger partial charge in [-0.1, -0.05) is 32.3 Å². The number of guanidine groups is 1. The van der Waals surface area contributed by atoms with Gasteiger partial charge in [0.15, 0.2) is 5.96 Å². The largest absolute Gasteiger partial charge is 0.356 e. The van der Waals surface area contributed by atoms with Gasteiger partial charge in [-0.25, -0.2) is 0 Å². The molecular weight excluding hydrogens is 403 g/mol. The highest BCUT2D eigenvalue weighted by Gasteiger charge is 1.97. The lowest BCUT2D eigenvalue weighted by atomic mass is 10.2. The van der Waals surface area contributed by atoms with Crippen molar-refractivity contribution in [1.29, 1.82) is 0 Å². The summed E-state index contributed by atoms with van der Waals surface area (Å²) in [6.07, 6.45) is 8.84. The molecule has 1 aromatic rings. The van der Waals surface area contributed by atoms with Crippen molar-refractivity contribution in [3.63, 3.8) is 0 Å². The molecule has 1 heterocycles. The SMILES string of the molecule is CCCCCCNC(=NC)NCCCCn1ccccc1=O.I. The van der Waals surface area contributed by atoms with Crippen LogP contribution in [0.3, 0.4) is 0 Å². The van der Waals surface area contributed by atoms with Gasteiger partial charge >= 0.3 is 0 Å². The van der Waals surface area contributed by atoms with Gasteiger partial charge in [0.05, 0.1) is 0 Å². The molecule has 0 fully saturated rings. The molecule has 0 bridgehead atoms. The summed E-state index contributed by atoms with van der Waals surface area (Å²) in [5.41, 5.74) is 0.0695. The number of nitrogens with one attached hydrogen (secondary N) is 2. The summed E-state index contributed by atoms with van der Waals surface area (Å²) in [5.74, 6) is 0.869. The molecule has 0 amide bonds. The van der Waals surface area contributed by atoms with Crippen LogP contribution < -0.4 is 16.2 Å². The van der Waals surface area contributed by atoms with Crippen LogP contribution in [0.4, 0.5) is 0 Å². The fourth-order valence-corrected chi connectivity index (χ4v) is 2.24. The first kappa shape index (κ1) is 21.9. The van der Waals surface area contributed by atoms with Gasteiger partial charge in [0.25, 0.3) is 0 Å². The van der Waals surface area contributed by atoms with Crippen molar-refractivity contribution in [2.75, 3.05) is 20.1 Å². The zero-order chi connectivity index (χ0) is 16.0. The molecule has 0 radical (unpaired) electrons. The van der Waals surface area contributed by atoms with E-state index in [9.17, 15) is 4.79 Å². The van der Waals surface area contributed by atoms with Crippen molar-refractivity contribution in [3.8, 4) is 0 Å². The van der Waals surface area contributed by atoms with Crippen molar-refractivity contribution in [2.45, 2.75) is 52.0 Å². The second kappa shape index (κ2) is 14.5. The Kier molecular flexibility index (Phi) is 13.9. The number of pyridine rings is 1. The topological polar surface area (TPSA) is 58.4 Å². The molecule has 0 saturated heterocycles. The Balaban J connectivity index is 0.00000484. The van der Waals surface area contributed by atoms with Crippen molar-refractivity contribution < 1.29 is 0 Å². The van der Waals surface area contributed by atoms with Gasteiger partial charge in [0.1, 0.15) is 0 Å². The summed E-state index contributed by atoms with van der Waals surface area (Å²) in [7, 11) is 1.80. The monoisotopic (exact) mass is 434 g/mol. The van der Waals surface area contributed by atoms with Gasteiger partial charge in [0.2, 0.25) is 5.56 Å². The second-order valence-corrected chi connectivity index (χ2v) is 5.43. The van der Waals surface area contributed by atoms with Crippen LogP contribution in [0.2, 0.25) is 0 Å². The van der Waals surface area contributed by atoms with Crippen LogP contribution in [-0.2, 0) is 6.54 Å². The first-order valence-corrected chi connectivity index (χ1v) is 8.38. The van der Waals surface area contributed by atoms with Gasteiger partial charge in [0, 0.05) is 38.9 Å². The Hall–Kier alpha value is -1.05. The van der Waals surface area contributed by atoms with E-state index in [1.54, 1.807) is 23.7 Å². The molecule has 0 aromatic carbocycles. The molecule has 5 nitrogen and oxygen atoms in total. The maximum atomic E-state index is 11.5. The maximum Gasteiger partial charge on any atom is 0.250 e. The highest BCUT2D eigenvalue weighted by atomic mass is 127. The molecule has 0 aliphatic rings. The van der Waals surface area contributed by atoms with Gasteiger partial charge in [-0.05, 0) is 25.3 Å². The average molecular weight is 434 g/mol. The van der Waals surface area contributed by atoms with Gasteiger partial charge in [-0.3, -0.25) is 9.79 Å². The molecule has 1 rings (SSSR count). The molecule has 0 spiro atoms. The number of hydrogen-bond donors (Lipinski definition) is 2. The van der Waals surface area contributed by atoms with E-state index in [1.165, 1.54) is 25.7 Å². The lowest BCUT2D eigenvalue weighted by Gasteiger charge is -2.12. The Morgan fingerprint density at radius 1 is 1.09 bits per heavy atom. The van der Waals surface area contributed by atoms with Crippen molar-refractivity contribution in [3.05, 3.63) is 34.7 Å². The van der Waals surface area contributed by atoms with Crippen molar-refractivity contribution >= 4 is 29.9 Å². The Labute approximate surface area is 157 Å². The first-order valence-electron chi connectivity index (χ1n) is 8.38. The third-order valence-electron chi connectivity index (χ3n) is 3.56. The summed E-state index contributed by atoms with van der Waals surface area (Å²) >= 11 is 0. The molecule has 1 aromatic heterocycles. The minimum Gasteiger partial charge on any atom is -0.356 e. The molecule has 2 N–H and O–H groups in total. The average Bonchev–Trinajstić information content (AvgIpc) is 2.54. The van der Waals surface area contributed by atoms with Gasteiger partial charge < -0.3 is 15.2 Å². The molecule has 132 valence electrons. The number of aliphatic imine (C=N–C) groups is 1.